The van der Waals surface area contributed by atoms with Crippen molar-refractivity contribution in [3.05, 3.63) is 20.8 Å². The minimum Gasteiger partial charge on any atom is -0.339 e. The average Bonchev–Trinajstić information content (AvgIpc) is 2.61. The molecule has 0 unspecified atom stereocenters. The van der Waals surface area contributed by atoms with Gasteiger partial charge in [0.05, 0.1) is 12.6 Å². The Hall–Kier alpha value is -0.390. The Balaban J connectivity index is 2.52. The molecule has 0 saturated heterocycles. The molecular formula is C12H19BrN2OS. The number of rotatable bonds is 5. The van der Waals surface area contributed by atoms with Gasteiger partial charge in [0, 0.05) is 21.8 Å². The van der Waals surface area contributed by atoms with Crippen molar-refractivity contribution >= 4 is 33.2 Å². The molecule has 1 aromatic rings. The van der Waals surface area contributed by atoms with Crippen molar-refractivity contribution < 1.29 is 4.79 Å². The second-order valence-electron chi connectivity index (χ2n) is 4.66. The van der Waals surface area contributed by atoms with E-state index in [1.165, 1.54) is 0 Å². The predicted octanol–water partition coefficient (Wildman–Crippen LogP) is 2.84. The van der Waals surface area contributed by atoms with Crippen LogP contribution in [0.1, 0.15) is 25.1 Å². The molecule has 1 amide bonds. The number of thiophene rings is 1. The first-order valence-electron chi connectivity index (χ1n) is 5.63. The van der Waals surface area contributed by atoms with E-state index in [2.05, 4.69) is 29.8 Å². The number of halogens is 1. The minimum atomic E-state index is -0.386. The molecule has 5 heteroatoms. The third-order valence-corrected chi connectivity index (χ3v) is 4.12. The van der Waals surface area contributed by atoms with E-state index in [-0.39, 0.29) is 11.9 Å². The lowest BCUT2D eigenvalue weighted by molar-refractivity contribution is -0.132. The standard InChI is InChI=1S/C12H19BrN2OS/c1-8(2)4-11(14)12(16)15(3)6-10-5-9(13)7-17-10/h5,7-8,11H,4,6,14H2,1-3H3/t11-/m0/s1. The lowest BCUT2D eigenvalue weighted by Gasteiger charge is -2.21. The van der Waals surface area contributed by atoms with E-state index < -0.39 is 0 Å². The number of nitrogens with two attached hydrogens (primary N) is 1. The fourth-order valence-corrected chi connectivity index (χ4v) is 3.14. The van der Waals surface area contributed by atoms with Crippen molar-refractivity contribution in [2.24, 2.45) is 11.7 Å². The largest absolute Gasteiger partial charge is 0.339 e. The maximum Gasteiger partial charge on any atom is 0.239 e. The van der Waals surface area contributed by atoms with Crippen LogP contribution in [0.3, 0.4) is 0 Å². The normalized spacial score (nSPS) is 12.8. The summed E-state index contributed by atoms with van der Waals surface area (Å²) in [5.41, 5.74) is 5.88. The molecule has 0 aliphatic heterocycles. The SMILES string of the molecule is CC(C)C[C@H](N)C(=O)N(C)Cc1cc(Br)cs1. The molecule has 0 aliphatic rings. The lowest BCUT2D eigenvalue weighted by Crippen LogP contribution is -2.42. The molecule has 0 aromatic carbocycles. The van der Waals surface area contributed by atoms with Crippen LogP contribution < -0.4 is 5.73 Å². The Bertz CT molecular complexity index is 378. The summed E-state index contributed by atoms with van der Waals surface area (Å²) in [5.74, 6) is 0.460. The summed E-state index contributed by atoms with van der Waals surface area (Å²) >= 11 is 5.04. The van der Waals surface area contributed by atoms with Crippen LogP contribution in [-0.4, -0.2) is 23.9 Å². The number of likely N-dealkylation sites (N-methyl/N-ethyl adjacent to an activating group) is 1. The summed E-state index contributed by atoms with van der Waals surface area (Å²) in [5, 5.41) is 2.02. The molecule has 17 heavy (non-hydrogen) atoms. The van der Waals surface area contributed by atoms with Crippen LogP contribution in [-0.2, 0) is 11.3 Å². The fraction of sp³-hybridized carbons (Fsp3) is 0.583. The molecule has 1 rings (SSSR count). The van der Waals surface area contributed by atoms with Crippen LogP contribution in [0.15, 0.2) is 15.9 Å². The van der Waals surface area contributed by atoms with Crippen molar-refractivity contribution in [1.82, 2.24) is 4.90 Å². The first kappa shape index (κ1) is 14.7. The first-order valence-corrected chi connectivity index (χ1v) is 7.31. The zero-order valence-electron chi connectivity index (χ0n) is 10.4. The first-order chi connectivity index (χ1) is 7.90. The second kappa shape index (κ2) is 6.52. The highest BCUT2D eigenvalue weighted by Gasteiger charge is 2.19. The zero-order chi connectivity index (χ0) is 13.0. The molecule has 0 fully saturated rings. The van der Waals surface area contributed by atoms with Gasteiger partial charge in [0.2, 0.25) is 5.91 Å². The molecule has 0 saturated carbocycles. The van der Waals surface area contributed by atoms with Crippen LogP contribution in [0.2, 0.25) is 0 Å². The van der Waals surface area contributed by atoms with Gasteiger partial charge >= 0.3 is 0 Å². The highest BCUT2D eigenvalue weighted by Crippen LogP contribution is 2.21. The van der Waals surface area contributed by atoms with Gasteiger partial charge in [0.25, 0.3) is 0 Å². The van der Waals surface area contributed by atoms with E-state index >= 15 is 0 Å². The third-order valence-electron chi connectivity index (χ3n) is 2.43. The van der Waals surface area contributed by atoms with Crippen molar-refractivity contribution in [3.63, 3.8) is 0 Å². The maximum atomic E-state index is 12.0. The summed E-state index contributed by atoms with van der Waals surface area (Å²) < 4.78 is 1.06. The molecule has 0 spiro atoms. The molecule has 3 nitrogen and oxygen atoms in total. The molecule has 0 bridgehead atoms. The Labute approximate surface area is 115 Å². The second-order valence-corrected chi connectivity index (χ2v) is 6.57. The van der Waals surface area contributed by atoms with Gasteiger partial charge in [0.15, 0.2) is 0 Å². The highest BCUT2D eigenvalue weighted by molar-refractivity contribution is 9.10. The Kier molecular flexibility index (Phi) is 5.62. The summed E-state index contributed by atoms with van der Waals surface area (Å²) in [6.45, 7) is 4.77. The molecule has 0 aliphatic carbocycles. The van der Waals surface area contributed by atoms with E-state index in [0.29, 0.717) is 12.5 Å². The van der Waals surface area contributed by atoms with E-state index in [1.807, 2.05) is 11.4 Å². The monoisotopic (exact) mass is 318 g/mol. The quantitative estimate of drug-likeness (QED) is 0.907. The molecule has 0 radical (unpaired) electrons. The van der Waals surface area contributed by atoms with Gasteiger partial charge in [-0.1, -0.05) is 13.8 Å². The minimum absolute atomic E-state index is 0.0169. The predicted molar refractivity (Wildman–Crippen MR) is 75.9 cm³/mol. The van der Waals surface area contributed by atoms with E-state index in [0.717, 1.165) is 15.8 Å². The average molecular weight is 319 g/mol. The van der Waals surface area contributed by atoms with E-state index in [4.69, 9.17) is 5.73 Å². The van der Waals surface area contributed by atoms with Crippen LogP contribution >= 0.6 is 27.3 Å². The summed E-state index contributed by atoms with van der Waals surface area (Å²) in [6.07, 6.45) is 0.733. The van der Waals surface area contributed by atoms with Crippen molar-refractivity contribution in [2.45, 2.75) is 32.9 Å². The molecule has 1 heterocycles. The summed E-state index contributed by atoms with van der Waals surface area (Å²) in [7, 11) is 1.80. The molecule has 1 atom stereocenters. The summed E-state index contributed by atoms with van der Waals surface area (Å²) in [6, 6.07) is 1.64. The van der Waals surface area contributed by atoms with Crippen LogP contribution in [0.4, 0.5) is 0 Å². The van der Waals surface area contributed by atoms with Crippen molar-refractivity contribution in [1.29, 1.82) is 0 Å². The van der Waals surface area contributed by atoms with Crippen molar-refractivity contribution in [3.8, 4) is 0 Å². The van der Waals surface area contributed by atoms with E-state index in [9.17, 15) is 4.79 Å². The Morgan fingerprint density at radius 1 is 1.59 bits per heavy atom. The molecule has 96 valence electrons. The highest BCUT2D eigenvalue weighted by atomic mass is 79.9. The number of nitrogens with zero attached hydrogens (tertiary/aromatic N) is 1. The van der Waals surface area contributed by atoms with Gasteiger partial charge in [0.1, 0.15) is 0 Å². The number of amides is 1. The number of hydrogen-bond acceptors (Lipinski definition) is 3. The number of carbonyl (C=O) groups excluding carboxylic acids is 1. The van der Waals surface area contributed by atoms with Crippen LogP contribution in [0.25, 0.3) is 0 Å². The summed E-state index contributed by atoms with van der Waals surface area (Å²) in [4.78, 5) is 14.8. The molecule has 2 N–H and O–H groups in total. The number of hydrogen-bond donors (Lipinski definition) is 1. The maximum absolute atomic E-state index is 12.0. The van der Waals surface area contributed by atoms with Crippen molar-refractivity contribution in [2.75, 3.05) is 7.05 Å². The van der Waals surface area contributed by atoms with Crippen LogP contribution in [0.5, 0.6) is 0 Å². The smallest absolute Gasteiger partial charge is 0.239 e. The van der Waals surface area contributed by atoms with E-state index in [1.54, 1.807) is 23.3 Å². The lowest BCUT2D eigenvalue weighted by atomic mass is 10.0. The van der Waals surface area contributed by atoms with Gasteiger partial charge in [-0.25, -0.2) is 0 Å². The van der Waals surface area contributed by atoms with Gasteiger partial charge < -0.3 is 10.6 Å². The Morgan fingerprint density at radius 2 is 2.24 bits per heavy atom. The molecule has 1 aromatic heterocycles. The Morgan fingerprint density at radius 3 is 2.71 bits per heavy atom. The number of carbonyl (C=O) groups is 1. The van der Waals surface area contributed by atoms with Gasteiger partial charge in [-0.2, -0.15) is 0 Å². The van der Waals surface area contributed by atoms with Gasteiger partial charge in [-0.15, -0.1) is 11.3 Å². The zero-order valence-corrected chi connectivity index (χ0v) is 12.8. The van der Waals surface area contributed by atoms with Gasteiger partial charge in [-0.3, -0.25) is 4.79 Å². The third kappa shape index (κ3) is 4.77. The topological polar surface area (TPSA) is 46.3 Å². The molecular weight excluding hydrogens is 300 g/mol. The fourth-order valence-electron chi connectivity index (χ4n) is 1.64. The van der Waals surface area contributed by atoms with Gasteiger partial charge in [-0.05, 0) is 34.3 Å². The van der Waals surface area contributed by atoms with Crippen LogP contribution in [0, 0.1) is 5.92 Å².